The van der Waals surface area contributed by atoms with E-state index in [-0.39, 0.29) is 0 Å². The van der Waals surface area contributed by atoms with Crippen LogP contribution in [0.3, 0.4) is 0 Å². The Hall–Kier alpha value is -0.540. The zero-order chi connectivity index (χ0) is 13.8. The maximum Gasteiger partial charge on any atom is 0.133 e. The summed E-state index contributed by atoms with van der Waals surface area (Å²) >= 11 is 3.56. The molecular formula is C16H24BrNO. The number of hydrogen-bond acceptors (Lipinski definition) is 2. The van der Waals surface area contributed by atoms with Crippen molar-refractivity contribution in [1.82, 2.24) is 5.32 Å². The molecule has 19 heavy (non-hydrogen) atoms. The summed E-state index contributed by atoms with van der Waals surface area (Å²) in [4.78, 5) is 0. The highest BCUT2D eigenvalue weighted by Crippen LogP contribution is 2.35. The van der Waals surface area contributed by atoms with E-state index in [1.54, 1.807) is 7.11 Å². The molecule has 1 aliphatic carbocycles. The molecule has 2 atom stereocenters. The maximum atomic E-state index is 5.28. The van der Waals surface area contributed by atoms with Crippen LogP contribution in [-0.4, -0.2) is 13.2 Å². The van der Waals surface area contributed by atoms with E-state index >= 15 is 0 Å². The van der Waals surface area contributed by atoms with Gasteiger partial charge in [0.25, 0.3) is 0 Å². The van der Waals surface area contributed by atoms with Crippen molar-refractivity contribution >= 4 is 15.9 Å². The molecule has 2 rings (SSSR count). The Bertz CT molecular complexity index is 417. The molecule has 1 N–H and O–H groups in total. The van der Waals surface area contributed by atoms with Crippen LogP contribution in [0, 0.1) is 5.92 Å². The van der Waals surface area contributed by atoms with Crippen molar-refractivity contribution in [2.45, 2.75) is 51.6 Å². The maximum absolute atomic E-state index is 5.28. The first-order valence-corrected chi connectivity index (χ1v) is 8.02. The zero-order valence-electron chi connectivity index (χ0n) is 12.1. The van der Waals surface area contributed by atoms with E-state index in [2.05, 4.69) is 47.2 Å². The third kappa shape index (κ3) is 4.22. The van der Waals surface area contributed by atoms with Gasteiger partial charge in [-0.05, 0) is 59.3 Å². The summed E-state index contributed by atoms with van der Waals surface area (Å²) in [5.74, 6) is 1.87. The van der Waals surface area contributed by atoms with Crippen molar-refractivity contribution in [2.24, 2.45) is 5.92 Å². The van der Waals surface area contributed by atoms with Crippen molar-refractivity contribution < 1.29 is 4.74 Å². The minimum atomic E-state index is 0.380. The summed E-state index contributed by atoms with van der Waals surface area (Å²) in [6.45, 7) is 4.51. The van der Waals surface area contributed by atoms with Gasteiger partial charge in [-0.25, -0.2) is 0 Å². The highest BCUT2D eigenvalue weighted by molar-refractivity contribution is 9.10. The standard InChI is InChI=1S/C16H24BrNO/c1-4-14(9-12-5-6-12)18-11(2)13-7-8-16(19-3)15(17)10-13/h7-8,10-12,14,18H,4-6,9H2,1-3H3. The van der Waals surface area contributed by atoms with Gasteiger partial charge in [-0.2, -0.15) is 0 Å². The molecule has 2 unspecified atom stereocenters. The predicted octanol–water partition coefficient (Wildman–Crippen LogP) is 4.69. The molecule has 1 aromatic carbocycles. The zero-order valence-corrected chi connectivity index (χ0v) is 13.7. The van der Waals surface area contributed by atoms with Crippen LogP contribution < -0.4 is 10.1 Å². The lowest BCUT2D eigenvalue weighted by molar-refractivity contribution is 0.401. The molecule has 0 amide bonds. The summed E-state index contributed by atoms with van der Waals surface area (Å²) in [5, 5.41) is 3.76. The minimum Gasteiger partial charge on any atom is -0.496 e. The molecule has 0 saturated heterocycles. The molecule has 1 aliphatic rings. The number of halogens is 1. The van der Waals surface area contributed by atoms with E-state index in [0.29, 0.717) is 12.1 Å². The average molecular weight is 326 g/mol. The molecule has 0 bridgehead atoms. The van der Waals surface area contributed by atoms with Crippen molar-refractivity contribution in [3.05, 3.63) is 28.2 Å². The van der Waals surface area contributed by atoms with E-state index in [4.69, 9.17) is 4.74 Å². The highest BCUT2D eigenvalue weighted by atomic mass is 79.9. The Morgan fingerprint density at radius 3 is 2.68 bits per heavy atom. The van der Waals surface area contributed by atoms with Gasteiger partial charge >= 0.3 is 0 Å². The van der Waals surface area contributed by atoms with Crippen LogP contribution in [0.15, 0.2) is 22.7 Å². The summed E-state index contributed by atoms with van der Waals surface area (Å²) < 4.78 is 6.30. The quantitative estimate of drug-likeness (QED) is 0.785. The first kappa shape index (κ1) is 14.9. The van der Waals surface area contributed by atoms with Crippen LogP contribution in [0.2, 0.25) is 0 Å². The number of rotatable bonds is 7. The van der Waals surface area contributed by atoms with Gasteiger partial charge in [-0.15, -0.1) is 0 Å². The Balaban J connectivity index is 1.97. The lowest BCUT2D eigenvalue weighted by atomic mass is 10.0. The van der Waals surface area contributed by atoms with Crippen LogP contribution in [0.1, 0.15) is 51.1 Å². The summed E-state index contributed by atoms with van der Waals surface area (Å²) in [6.07, 6.45) is 5.40. The second-order valence-electron chi connectivity index (χ2n) is 5.57. The molecule has 1 saturated carbocycles. The third-order valence-corrected chi connectivity index (χ3v) is 4.59. The van der Waals surface area contributed by atoms with E-state index in [1.165, 1.54) is 31.2 Å². The normalized spacial score (nSPS) is 18.1. The van der Waals surface area contributed by atoms with Crippen LogP contribution in [0.4, 0.5) is 0 Å². The number of methoxy groups -OCH3 is 1. The van der Waals surface area contributed by atoms with Gasteiger partial charge in [0.2, 0.25) is 0 Å². The van der Waals surface area contributed by atoms with E-state index < -0.39 is 0 Å². The van der Waals surface area contributed by atoms with Crippen LogP contribution in [0.25, 0.3) is 0 Å². The largest absolute Gasteiger partial charge is 0.496 e. The smallest absolute Gasteiger partial charge is 0.133 e. The average Bonchev–Trinajstić information content (AvgIpc) is 3.21. The summed E-state index contributed by atoms with van der Waals surface area (Å²) in [5.41, 5.74) is 1.31. The molecule has 0 spiro atoms. The summed E-state index contributed by atoms with van der Waals surface area (Å²) in [7, 11) is 1.70. The first-order chi connectivity index (χ1) is 9.13. The van der Waals surface area contributed by atoms with Gasteiger partial charge in [0.15, 0.2) is 0 Å². The molecule has 0 radical (unpaired) electrons. The van der Waals surface area contributed by atoms with Gasteiger partial charge in [0.05, 0.1) is 11.6 Å². The molecule has 0 aromatic heterocycles. The first-order valence-electron chi connectivity index (χ1n) is 7.23. The fourth-order valence-electron chi connectivity index (χ4n) is 2.51. The van der Waals surface area contributed by atoms with Crippen LogP contribution in [-0.2, 0) is 0 Å². The Kier molecular flexibility index (Phi) is 5.28. The van der Waals surface area contributed by atoms with Crippen molar-refractivity contribution in [3.63, 3.8) is 0 Å². The van der Waals surface area contributed by atoms with E-state index in [0.717, 1.165) is 16.1 Å². The lowest BCUT2D eigenvalue weighted by Crippen LogP contribution is -2.31. The molecule has 3 heteroatoms. The fourth-order valence-corrected chi connectivity index (χ4v) is 3.07. The van der Waals surface area contributed by atoms with Gasteiger partial charge in [0, 0.05) is 12.1 Å². The molecular weight excluding hydrogens is 302 g/mol. The Morgan fingerprint density at radius 1 is 1.42 bits per heavy atom. The van der Waals surface area contributed by atoms with Crippen molar-refractivity contribution in [1.29, 1.82) is 0 Å². The van der Waals surface area contributed by atoms with Gasteiger partial charge in [-0.1, -0.05) is 25.8 Å². The fraction of sp³-hybridized carbons (Fsp3) is 0.625. The number of benzene rings is 1. The summed E-state index contributed by atoms with van der Waals surface area (Å²) in [6, 6.07) is 7.35. The topological polar surface area (TPSA) is 21.3 Å². The number of hydrogen-bond donors (Lipinski definition) is 1. The molecule has 0 aliphatic heterocycles. The number of ether oxygens (including phenoxy) is 1. The minimum absolute atomic E-state index is 0.380. The predicted molar refractivity (Wildman–Crippen MR) is 83.7 cm³/mol. The third-order valence-electron chi connectivity index (χ3n) is 3.97. The molecule has 0 heterocycles. The second-order valence-corrected chi connectivity index (χ2v) is 6.42. The highest BCUT2D eigenvalue weighted by Gasteiger charge is 2.25. The van der Waals surface area contributed by atoms with E-state index in [9.17, 15) is 0 Å². The molecule has 2 nitrogen and oxygen atoms in total. The SMILES string of the molecule is CCC(CC1CC1)NC(C)c1ccc(OC)c(Br)c1. The van der Waals surface area contributed by atoms with Crippen molar-refractivity contribution in [3.8, 4) is 5.75 Å². The Morgan fingerprint density at radius 2 is 2.16 bits per heavy atom. The molecule has 1 aromatic rings. The van der Waals surface area contributed by atoms with Crippen molar-refractivity contribution in [2.75, 3.05) is 7.11 Å². The monoisotopic (exact) mass is 325 g/mol. The second kappa shape index (κ2) is 6.76. The van der Waals surface area contributed by atoms with Gasteiger partial charge < -0.3 is 10.1 Å². The Labute approximate surface area is 125 Å². The number of nitrogens with one attached hydrogen (secondary N) is 1. The van der Waals surface area contributed by atoms with Crippen LogP contribution in [0.5, 0.6) is 5.75 Å². The van der Waals surface area contributed by atoms with Gasteiger partial charge in [-0.3, -0.25) is 0 Å². The van der Waals surface area contributed by atoms with E-state index in [1.807, 2.05) is 6.07 Å². The van der Waals surface area contributed by atoms with Crippen LogP contribution >= 0.6 is 15.9 Å². The lowest BCUT2D eigenvalue weighted by Gasteiger charge is -2.23. The molecule has 1 fully saturated rings. The van der Waals surface area contributed by atoms with Gasteiger partial charge in [0.1, 0.15) is 5.75 Å². The molecule has 106 valence electrons.